The zero-order valence-electron chi connectivity index (χ0n) is 10.3. The molecule has 1 atom stereocenters. The molecule has 0 saturated carbocycles. The van der Waals surface area contributed by atoms with Gasteiger partial charge in [0.2, 0.25) is 5.91 Å². The molecule has 0 aliphatic heterocycles. The second-order valence-electron chi connectivity index (χ2n) is 4.23. The van der Waals surface area contributed by atoms with Gasteiger partial charge in [-0.3, -0.25) is 4.79 Å². The minimum Gasteiger partial charge on any atom is -0.388 e. The highest BCUT2D eigenvalue weighted by atomic mass is 16.3. The highest BCUT2D eigenvalue weighted by Crippen LogP contribution is 2.14. The molecule has 3 heteroatoms. The Labute approximate surface area is 102 Å². The first-order valence-corrected chi connectivity index (χ1v) is 5.75. The van der Waals surface area contributed by atoms with Crippen LogP contribution in [-0.4, -0.2) is 17.6 Å². The number of amides is 1. The third kappa shape index (κ3) is 5.31. The lowest BCUT2D eigenvalue weighted by atomic mass is 10.1. The fraction of sp³-hybridized carbons (Fsp3) is 0.357. The summed E-state index contributed by atoms with van der Waals surface area (Å²) >= 11 is 0. The predicted molar refractivity (Wildman–Crippen MR) is 68.5 cm³/mol. The minimum absolute atomic E-state index is 0.106. The first-order chi connectivity index (χ1) is 8.09. The molecule has 1 unspecified atom stereocenters. The third-order valence-electron chi connectivity index (χ3n) is 2.32. The zero-order valence-corrected chi connectivity index (χ0v) is 10.3. The number of aliphatic hydroxyl groups is 1. The Morgan fingerprint density at radius 3 is 2.59 bits per heavy atom. The van der Waals surface area contributed by atoms with E-state index in [1.807, 2.05) is 44.2 Å². The van der Waals surface area contributed by atoms with Crippen LogP contribution >= 0.6 is 0 Å². The monoisotopic (exact) mass is 233 g/mol. The van der Waals surface area contributed by atoms with Crippen LogP contribution in [0.3, 0.4) is 0 Å². The maximum absolute atomic E-state index is 11.3. The van der Waals surface area contributed by atoms with E-state index >= 15 is 0 Å². The Balaban J connectivity index is 2.32. The van der Waals surface area contributed by atoms with E-state index in [2.05, 4.69) is 5.32 Å². The molecule has 0 fully saturated rings. The Kier molecular flexibility index (Phi) is 5.43. The van der Waals surface area contributed by atoms with E-state index in [1.165, 1.54) is 0 Å². The number of aliphatic hydroxyl groups excluding tert-OH is 1. The summed E-state index contributed by atoms with van der Waals surface area (Å²) < 4.78 is 0. The van der Waals surface area contributed by atoms with Gasteiger partial charge >= 0.3 is 0 Å². The van der Waals surface area contributed by atoms with Crippen molar-refractivity contribution in [2.45, 2.75) is 26.4 Å². The number of allylic oxidation sites excluding steroid dienone is 1. The van der Waals surface area contributed by atoms with Crippen LogP contribution in [0.5, 0.6) is 0 Å². The second kappa shape index (κ2) is 6.86. The van der Waals surface area contributed by atoms with Crippen LogP contribution in [0.4, 0.5) is 0 Å². The maximum Gasteiger partial charge on any atom is 0.243 e. The number of hydrogen-bond acceptors (Lipinski definition) is 2. The van der Waals surface area contributed by atoms with Gasteiger partial charge in [0.1, 0.15) is 0 Å². The van der Waals surface area contributed by atoms with Crippen molar-refractivity contribution in [3.8, 4) is 0 Å². The second-order valence-corrected chi connectivity index (χ2v) is 4.23. The fourth-order valence-electron chi connectivity index (χ4n) is 1.49. The Morgan fingerprint density at radius 1 is 1.35 bits per heavy atom. The van der Waals surface area contributed by atoms with Gasteiger partial charge in [-0.2, -0.15) is 0 Å². The number of carbonyl (C=O) groups is 1. The molecule has 2 N–H and O–H groups in total. The lowest BCUT2D eigenvalue weighted by Crippen LogP contribution is -2.23. The molecule has 17 heavy (non-hydrogen) atoms. The summed E-state index contributed by atoms with van der Waals surface area (Å²) in [6.07, 6.45) is 1.55. The molecule has 0 aliphatic rings. The van der Waals surface area contributed by atoms with Crippen LogP contribution in [0, 0.1) is 0 Å². The number of carbonyl (C=O) groups excluding carboxylic acids is 1. The van der Waals surface area contributed by atoms with Gasteiger partial charge in [-0.25, -0.2) is 0 Å². The predicted octanol–water partition coefficient (Wildman–Crippen LogP) is 2.19. The Hall–Kier alpha value is -1.61. The van der Waals surface area contributed by atoms with Crippen molar-refractivity contribution in [1.29, 1.82) is 0 Å². The van der Waals surface area contributed by atoms with E-state index in [1.54, 1.807) is 6.08 Å². The van der Waals surface area contributed by atoms with Gasteiger partial charge in [0.15, 0.2) is 0 Å². The van der Waals surface area contributed by atoms with Crippen molar-refractivity contribution in [1.82, 2.24) is 5.32 Å². The largest absolute Gasteiger partial charge is 0.388 e. The lowest BCUT2D eigenvalue weighted by Gasteiger charge is -2.10. The molecule has 0 saturated heterocycles. The lowest BCUT2D eigenvalue weighted by molar-refractivity contribution is -0.116. The van der Waals surface area contributed by atoms with Crippen LogP contribution in [0.2, 0.25) is 0 Å². The molecule has 0 aliphatic carbocycles. The summed E-state index contributed by atoms with van der Waals surface area (Å²) in [7, 11) is 0. The fourth-order valence-corrected chi connectivity index (χ4v) is 1.49. The molecular formula is C14H19NO2. The molecule has 92 valence electrons. The first kappa shape index (κ1) is 13.5. The normalized spacial score (nSPS) is 11.7. The van der Waals surface area contributed by atoms with Crippen molar-refractivity contribution in [2.24, 2.45) is 0 Å². The van der Waals surface area contributed by atoms with Crippen molar-refractivity contribution in [2.75, 3.05) is 6.54 Å². The van der Waals surface area contributed by atoms with Gasteiger partial charge in [-0.1, -0.05) is 35.9 Å². The van der Waals surface area contributed by atoms with Crippen molar-refractivity contribution < 1.29 is 9.90 Å². The van der Waals surface area contributed by atoms with Gasteiger partial charge in [0.25, 0.3) is 0 Å². The maximum atomic E-state index is 11.3. The summed E-state index contributed by atoms with van der Waals surface area (Å²) in [5.41, 5.74) is 1.84. The average Bonchev–Trinajstić information content (AvgIpc) is 2.29. The van der Waals surface area contributed by atoms with E-state index in [-0.39, 0.29) is 5.91 Å². The average molecular weight is 233 g/mol. The van der Waals surface area contributed by atoms with Gasteiger partial charge in [-0.05, 0) is 25.8 Å². The van der Waals surface area contributed by atoms with Gasteiger partial charge in [0, 0.05) is 12.6 Å². The van der Waals surface area contributed by atoms with Gasteiger partial charge in [0.05, 0.1) is 6.10 Å². The summed E-state index contributed by atoms with van der Waals surface area (Å²) in [5.74, 6) is -0.106. The molecule has 0 heterocycles. The third-order valence-corrected chi connectivity index (χ3v) is 2.32. The molecule has 0 radical (unpaired) electrons. The standard InChI is InChI=1S/C14H19NO2/c1-11(2)10-14(17)15-9-8-13(16)12-6-4-3-5-7-12/h3-7,10,13,16H,8-9H2,1-2H3,(H,15,17). The van der Waals surface area contributed by atoms with Crippen LogP contribution in [-0.2, 0) is 4.79 Å². The molecular weight excluding hydrogens is 214 g/mol. The van der Waals surface area contributed by atoms with Crippen molar-refractivity contribution in [3.05, 3.63) is 47.5 Å². The molecule has 0 spiro atoms. The van der Waals surface area contributed by atoms with Gasteiger partial charge < -0.3 is 10.4 Å². The molecule has 0 bridgehead atoms. The van der Waals surface area contributed by atoms with E-state index < -0.39 is 6.10 Å². The van der Waals surface area contributed by atoms with E-state index in [9.17, 15) is 9.90 Å². The summed E-state index contributed by atoms with van der Waals surface area (Å²) in [6.45, 7) is 4.22. The summed E-state index contributed by atoms with van der Waals surface area (Å²) in [4.78, 5) is 11.3. The highest BCUT2D eigenvalue weighted by Gasteiger charge is 2.06. The quantitative estimate of drug-likeness (QED) is 0.766. The topological polar surface area (TPSA) is 49.3 Å². The molecule has 1 rings (SSSR count). The molecule has 0 aromatic heterocycles. The Morgan fingerprint density at radius 2 is 2.00 bits per heavy atom. The Bertz CT molecular complexity index is 380. The van der Waals surface area contributed by atoms with Crippen molar-refractivity contribution in [3.63, 3.8) is 0 Å². The molecule has 3 nitrogen and oxygen atoms in total. The highest BCUT2D eigenvalue weighted by molar-refractivity contribution is 5.87. The summed E-state index contributed by atoms with van der Waals surface area (Å²) in [6, 6.07) is 9.44. The summed E-state index contributed by atoms with van der Waals surface area (Å²) in [5, 5.41) is 12.6. The molecule has 1 aromatic carbocycles. The van der Waals surface area contributed by atoms with E-state index in [4.69, 9.17) is 0 Å². The van der Waals surface area contributed by atoms with Crippen LogP contribution in [0.1, 0.15) is 31.9 Å². The van der Waals surface area contributed by atoms with E-state index in [0.717, 1.165) is 11.1 Å². The smallest absolute Gasteiger partial charge is 0.243 e. The van der Waals surface area contributed by atoms with Crippen LogP contribution in [0.25, 0.3) is 0 Å². The first-order valence-electron chi connectivity index (χ1n) is 5.75. The number of benzene rings is 1. The zero-order chi connectivity index (χ0) is 12.7. The van der Waals surface area contributed by atoms with E-state index in [0.29, 0.717) is 13.0 Å². The van der Waals surface area contributed by atoms with Crippen molar-refractivity contribution >= 4 is 5.91 Å². The number of hydrogen-bond donors (Lipinski definition) is 2. The SMILES string of the molecule is CC(C)=CC(=O)NCCC(O)c1ccccc1. The number of rotatable bonds is 5. The van der Waals surface area contributed by atoms with Gasteiger partial charge in [-0.15, -0.1) is 0 Å². The minimum atomic E-state index is -0.525. The molecule has 1 aromatic rings. The van der Waals surface area contributed by atoms with Crippen LogP contribution in [0.15, 0.2) is 42.0 Å². The van der Waals surface area contributed by atoms with Crippen LogP contribution < -0.4 is 5.32 Å². The molecule has 1 amide bonds. The number of nitrogens with one attached hydrogen (secondary N) is 1.